The molecule has 128 valence electrons. The molecule has 0 aromatic carbocycles. The second-order valence-electron chi connectivity index (χ2n) is 6.09. The Morgan fingerprint density at radius 1 is 0.636 bits per heavy atom. The molecular formula is C18H40BeMgO2. The van der Waals surface area contributed by atoms with E-state index in [0.29, 0.717) is 6.42 Å². The Morgan fingerprint density at radius 2 is 0.909 bits per heavy atom. The molecule has 0 heterocycles. The van der Waals surface area contributed by atoms with Crippen molar-refractivity contribution in [3.8, 4) is 0 Å². The third-order valence-electron chi connectivity index (χ3n) is 3.99. The fourth-order valence-corrected chi connectivity index (χ4v) is 2.65. The van der Waals surface area contributed by atoms with Gasteiger partial charge in [0.1, 0.15) is 0 Å². The molecule has 0 unspecified atom stereocenters. The zero-order chi connectivity index (χ0) is 14.9. The van der Waals surface area contributed by atoms with Crippen molar-refractivity contribution in [2.24, 2.45) is 0 Å². The predicted molar refractivity (Wildman–Crippen MR) is 104 cm³/mol. The van der Waals surface area contributed by atoms with Crippen molar-refractivity contribution in [3.05, 3.63) is 0 Å². The van der Waals surface area contributed by atoms with Gasteiger partial charge in [0.2, 0.25) is 0 Å². The monoisotopic (exact) mass is 321 g/mol. The minimum Gasteiger partial charge on any atom is 0.316 e. The van der Waals surface area contributed by atoms with Gasteiger partial charge in [0.25, 0.3) is 0 Å². The number of aliphatic carboxylic acids is 1. The third-order valence-corrected chi connectivity index (χ3v) is 3.99. The number of rotatable bonds is 16. The number of carboxylic acids is 1. The Balaban J connectivity index is -0.00000180. The van der Waals surface area contributed by atoms with E-state index in [1.54, 1.807) is 0 Å². The van der Waals surface area contributed by atoms with Crippen LogP contribution in [-0.4, -0.2) is 44.2 Å². The van der Waals surface area contributed by atoms with Crippen LogP contribution in [0.3, 0.4) is 0 Å². The fourth-order valence-electron chi connectivity index (χ4n) is 2.65. The average molecular weight is 322 g/mol. The standard InChI is InChI=1S/C18H36O2.Be.Mg.4H/c1-2-3-4-5-6-7-8-9-10-11-12-13-14-15-16-17-18(19)20;;;;;;/h2-17H2,1H3,(H,19,20);;;;;;. The summed E-state index contributed by atoms with van der Waals surface area (Å²) < 4.78 is 0. The van der Waals surface area contributed by atoms with E-state index in [1.807, 2.05) is 0 Å². The molecule has 0 aromatic rings. The first-order valence-electron chi connectivity index (χ1n) is 8.99. The quantitative estimate of drug-likeness (QED) is 0.336. The van der Waals surface area contributed by atoms with Gasteiger partial charge in [-0.2, -0.15) is 0 Å². The maximum atomic E-state index is 10.3. The molecule has 0 aliphatic carbocycles. The van der Waals surface area contributed by atoms with Gasteiger partial charge in [0.05, 0.1) is 0 Å². The van der Waals surface area contributed by atoms with Crippen LogP contribution in [0.2, 0.25) is 0 Å². The zero-order valence-corrected chi connectivity index (χ0v) is 13.7. The first-order valence-corrected chi connectivity index (χ1v) is 8.99. The zero-order valence-electron chi connectivity index (χ0n) is 13.7. The third kappa shape index (κ3) is 25.4. The molecule has 0 atom stereocenters. The van der Waals surface area contributed by atoms with Crippen molar-refractivity contribution in [1.82, 2.24) is 0 Å². The van der Waals surface area contributed by atoms with Gasteiger partial charge in [-0.3, -0.25) is 4.79 Å². The Morgan fingerprint density at radius 3 is 1.18 bits per heavy atom. The molecule has 0 fully saturated rings. The largest absolute Gasteiger partial charge is 0.316 e. The molecule has 0 rings (SSSR count). The van der Waals surface area contributed by atoms with E-state index in [4.69, 9.17) is 5.11 Å². The van der Waals surface area contributed by atoms with E-state index in [9.17, 15) is 4.79 Å². The molecule has 0 amide bonds. The molecule has 4 heteroatoms. The van der Waals surface area contributed by atoms with Crippen LogP contribution in [0.1, 0.15) is 110 Å². The first-order chi connectivity index (χ1) is 9.77. The van der Waals surface area contributed by atoms with Crippen LogP contribution in [-0.2, 0) is 4.79 Å². The summed E-state index contributed by atoms with van der Waals surface area (Å²) in [4.78, 5) is 10.3. The fraction of sp³-hybridized carbons (Fsp3) is 0.944. The number of unbranched alkanes of at least 4 members (excludes halogenated alkanes) is 14. The SMILES string of the molecule is CCCCCCCCCCCCCCCCCC(=O)O.[BeH2].[MgH2]. The van der Waals surface area contributed by atoms with Crippen LogP contribution in [0.15, 0.2) is 0 Å². The van der Waals surface area contributed by atoms with E-state index in [2.05, 4.69) is 6.92 Å². The normalized spacial score (nSPS) is 9.86. The van der Waals surface area contributed by atoms with E-state index < -0.39 is 5.97 Å². The van der Waals surface area contributed by atoms with Crippen molar-refractivity contribution in [2.75, 3.05) is 0 Å². The summed E-state index contributed by atoms with van der Waals surface area (Å²) >= 11 is 0. The molecule has 0 radical (unpaired) electrons. The molecule has 0 aliphatic heterocycles. The molecule has 0 saturated heterocycles. The van der Waals surface area contributed by atoms with E-state index >= 15 is 0 Å². The van der Waals surface area contributed by atoms with Gasteiger partial charge in [-0.25, -0.2) is 0 Å². The molecule has 2 nitrogen and oxygen atoms in total. The van der Waals surface area contributed by atoms with Crippen molar-refractivity contribution in [1.29, 1.82) is 0 Å². The minimum absolute atomic E-state index is 0. The van der Waals surface area contributed by atoms with Gasteiger partial charge in [-0.1, -0.05) is 96.8 Å². The molecule has 0 spiro atoms. The van der Waals surface area contributed by atoms with Gasteiger partial charge in [0, 0.05) is 6.42 Å². The smallest absolute Gasteiger partial charge is 0.316 e. The Labute approximate surface area is 158 Å². The summed E-state index contributed by atoms with van der Waals surface area (Å²) in [6.45, 7) is 2.27. The summed E-state index contributed by atoms with van der Waals surface area (Å²) in [6, 6.07) is 0. The van der Waals surface area contributed by atoms with Crippen LogP contribution < -0.4 is 0 Å². The van der Waals surface area contributed by atoms with Gasteiger partial charge in [0.15, 0.2) is 0 Å². The van der Waals surface area contributed by atoms with Crippen molar-refractivity contribution in [2.45, 2.75) is 110 Å². The van der Waals surface area contributed by atoms with Crippen LogP contribution in [0, 0.1) is 0 Å². The number of carboxylic acid groups (broad SMARTS) is 1. The molecule has 22 heavy (non-hydrogen) atoms. The van der Waals surface area contributed by atoms with E-state index in [1.165, 1.54) is 83.5 Å². The summed E-state index contributed by atoms with van der Waals surface area (Å²) in [5.74, 6) is -0.653. The molecule has 1 N–H and O–H groups in total. The Hall–Kier alpha value is 0.405. The Bertz CT molecular complexity index is 213. The van der Waals surface area contributed by atoms with Crippen LogP contribution in [0.4, 0.5) is 0 Å². The van der Waals surface area contributed by atoms with E-state index in [0.717, 1.165) is 12.8 Å². The number of hydrogen-bond acceptors (Lipinski definition) is 1. The second kappa shape index (κ2) is 23.7. The van der Waals surface area contributed by atoms with Gasteiger partial charge >= 0.3 is 39.1 Å². The van der Waals surface area contributed by atoms with Crippen LogP contribution >= 0.6 is 0 Å². The molecule has 0 bridgehead atoms. The maximum Gasteiger partial charge on any atom is 0.316 e. The number of carbonyl (C=O) groups is 1. The Kier molecular flexibility index (Phi) is 29.3. The summed E-state index contributed by atoms with van der Waals surface area (Å²) in [5, 5.41) is 8.52. The summed E-state index contributed by atoms with van der Waals surface area (Å²) in [6.07, 6.45) is 20.2. The van der Waals surface area contributed by atoms with E-state index in [-0.39, 0.29) is 33.2 Å². The number of hydrogen-bond donors (Lipinski definition) is 1. The van der Waals surface area contributed by atoms with Crippen LogP contribution in [0.25, 0.3) is 0 Å². The molecule has 0 aliphatic rings. The minimum atomic E-state index is -0.653. The predicted octanol–water partition coefficient (Wildman–Crippen LogP) is 4.50. The first kappa shape index (κ1) is 27.3. The maximum absolute atomic E-state index is 10.3. The molecule has 0 saturated carbocycles. The van der Waals surface area contributed by atoms with Crippen molar-refractivity contribution < 1.29 is 9.90 Å². The topological polar surface area (TPSA) is 37.3 Å². The second-order valence-corrected chi connectivity index (χ2v) is 6.09. The van der Waals surface area contributed by atoms with Gasteiger partial charge < -0.3 is 5.11 Å². The molecule has 0 aromatic heterocycles. The summed E-state index contributed by atoms with van der Waals surface area (Å²) in [7, 11) is 0. The van der Waals surface area contributed by atoms with Gasteiger partial charge in [-0.05, 0) is 6.42 Å². The van der Waals surface area contributed by atoms with Crippen molar-refractivity contribution in [3.63, 3.8) is 0 Å². The van der Waals surface area contributed by atoms with Crippen molar-refractivity contribution >= 4 is 39.1 Å². The molecular weight excluding hydrogens is 282 g/mol. The van der Waals surface area contributed by atoms with Gasteiger partial charge in [-0.15, -0.1) is 0 Å². The summed E-state index contributed by atoms with van der Waals surface area (Å²) in [5.41, 5.74) is 0. The average Bonchev–Trinajstić information content (AvgIpc) is 2.43. The van der Waals surface area contributed by atoms with Crippen LogP contribution in [0.5, 0.6) is 0 Å².